The maximum atomic E-state index is 12.4. The topological polar surface area (TPSA) is 80.2 Å². The molecule has 0 unspecified atom stereocenters. The number of nitrogens with zero attached hydrogens (tertiary/aromatic N) is 1. The molecule has 0 aliphatic heterocycles. The van der Waals surface area contributed by atoms with Gasteiger partial charge in [0, 0.05) is 12.0 Å². The lowest BCUT2D eigenvalue weighted by Gasteiger charge is -2.16. The number of rotatable bonds is 3. The molecular formula is C13H13F3N2O4. The van der Waals surface area contributed by atoms with Gasteiger partial charge in [0.05, 0.1) is 26.0 Å². The van der Waals surface area contributed by atoms with Crippen LogP contribution in [0.5, 0.6) is 11.5 Å². The standard InChI is InChI=1S/C13H13F3N2O4/c1-21-10-3-6-7(4-11(10)22-2)9(18-20)5-8(6)17-12(19)13(14,15)16/h3-4,8,20H,5H2,1-2H3,(H,17,19)/b18-9+/t8-/m1/s1. The third-order valence-corrected chi connectivity index (χ3v) is 3.32. The Hall–Kier alpha value is -2.45. The zero-order chi connectivity index (χ0) is 16.5. The molecule has 2 N–H and O–H groups in total. The number of alkyl halides is 3. The molecule has 1 aromatic rings. The summed E-state index contributed by atoms with van der Waals surface area (Å²) in [4.78, 5) is 11.1. The van der Waals surface area contributed by atoms with Gasteiger partial charge in [0.25, 0.3) is 0 Å². The number of oxime groups is 1. The van der Waals surface area contributed by atoms with E-state index in [2.05, 4.69) is 5.16 Å². The summed E-state index contributed by atoms with van der Waals surface area (Å²) >= 11 is 0. The number of fused-ring (bicyclic) bond motifs is 1. The first-order valence-corrected chi connectivity index (χ1v) is 6.16. The van der Waals surface area contributed by atoms with Crippen molar-refractivity contribution in [2.45, 2.75) is 18.6 Å². The van der Waals surface area contributed by atoms with Gasteiger partial charge in [-0.05, 0) is 17.7 Å². The summed E-state index contributed by atoms with van der Waals surface area (Å²) in [5, 5.41) is 13.9. The lowest BCUT2D eigenvalue weighted by atomic mass is 10.1. The molecule has 9 heteroatoms. The molecule has 2 rings (SSSR count). The van der Waals surface area contributed by atoms with Crippen LogP contribution in [0.25, 0.3) is 0 Å². The van der Waals surface area contributed by atoms with Crippen LogP contribution >= 0.6 is 0 Å². The summed E-state index contributed by atoms with van der Waals surface area (Å²) in [7, 11) is 2.78. The third-order valence-electron chi connectivity index (χ3n) is 3.32. The average molecular weight is 318 g/mol. The van der Waals surface area contributed by atoms with Crippen molar-refractivity contribution in [2.24, 2.45) is 5.16 Å². The number of methoxy groups -OCH3 is 2. The normalized spacial score (nSPS) is 19.0. The van der Waals surface area contributed by atoms with Gasteiger partial charge in [0.15, 0.2) is 11.5 Å². The fourth-order valence-corrected chi connectivity index (χ4v) is 2.31. The van der Waals surface area contributed by atoms with E-state index in [1.165, 1.54) is 26.4 Å². The van der Waals surface area contributed by atoms with Crippen LogP contribution in [0.2, 0.25) is 0 Å². The molecular weight excluding hydrogens is 305 g/mol. The Kier molecular flexibility index (Phi) is 4.16. The van der Waals surface area contributed by atoms with Gasteiger partial charge >= 0.3 is 12.1 Å². The molecule has 0 aromatic heterocycles. The van der Waals surface area contributed by atoms with E-state index in [1.807, 2.05) is 5.32 Å². The van der Waals surface area contributed by atoms with Gasteiger partial charge in [0.2, 0.25) is 0 Å². The monoisotopic (exact) mass is 318 g/mol. The highest BCUT2D eigenvalue weighted by Gasteiger charge is 2.42. The number of carbonyl (C=O) groups excluding carboxylic acids is 1. The second kappa shape index (κ2) is 5.74. The largest absolute Gasteiger partial charge is 0.493 e. The van der Waals surface area contributed by atoms with E-state index < -0.39 is 18.1 Å². The Morgan fingerprint density at radius 1 is 1.32 bits per heavy atom. The van der Waals surface area contributed by atoms with Crippen LogP contribution in [0.15, 0.2) is 17.3 Å². The molecule has 22 heavy (non-hydrogen) atoms. The number of nitrogens with one attached hydrogen (secondary N) is 1. The van der Waals surface area contributed by atoms with E-state index in [4.69, 9.17) is 14.7 Å². The summed E-state index contributed by atoms with van der Waals surface area (Å²) in [5.74, 6) is -1.42. The van der Waals surface area contributed by atoms with Crippen molar-refractivity contribution in [3.05, 3.63) is 23.3 Å². The first-order valence-electron chi connectivity index (χ1n) is 6.16. The SMILES string of the molecule is COc1cc2c(cc1OC)[C@H](NC(=O)C(F)(F)F)C/C2=N\O. The van der Waals surface area contributed by atoms with E-state index >= 15 is 0 Å². The minimum atomic E-state index is -4.99. The lowest BCUT2D eigenvalue weighted by Crippen LogP contribution is -2.38. The van der Waals surface area contributed by atoms with Gasteiger partial charge in [-0.2, -0.15) is 13.2 Å². The zero-order valence-electron chi connectivity index (χ0n) is 11.7. The molecule has 1 amide bonds. The first-order chi connectivity index (χ1) is 10.3. The quantitative estimate of drug-likeness (QED) is 0.660. The van der Waals surface area contributed by atoms with E-state index in [-0.39, 0.29) is 12.1 Å². The Balaban J connectivity index is 2.42. The summed E-state index contributed by atoms with van der Waals surface area (Å²) in [6.45, 7) is 0. The molecule has 0 saturated heterocycles. The summed E-state index contributed by atoms with van der Waals surface area (Å²) < 4.78 is 47.3. The van der Waals surface area contributed by atoms with Gasteiger partial charge in [-0.15, -0.1) is 0 Å². The molecule has 0 saturated carbocycles. The van der Waals surface area contributed by atoms with Crippen molar-refractivity contribution >= 4 is 11.6 Å². The molecule has 0 radical (unpaired) electrons. The number of amides is 1. The highest BCUT2D eigenvalue weighted by atomic mass is 19.4. The second-order valence-electron chi connectivity index (χ2n) is 4.57. The lowest BCUT2D eigenvalue weighted by molar-refractivity contribution is -0.174. The number of hydrogen-bond acceptors (Lipinski definition) is 5. The first kappa shape index (κ1) is 15.9. The molecule has 120 valence electrons. The Labute approximate surface area is 123 Å². The van der Waals surface area contributed by atoms with Crippen molar-refractivity contribution in [2.75, 3.05) is 14.2 Å². The van der Waals surface area contributed by atoms with Crippen LogP contribution in [0, 0.1) is 0 Å². The van der Waals surface area contributed by atoms with Gasteiger partial charge in [-0.3, -0.25) is 4.79 Å². The second-order valence-corrected chi connectivity index (χ2v) is 4.57. The molecule has 0 bridgehead atoms. The van der Waals surface area contributed by atoms with E-state index in [0.717, 1.165) is 0 Å². The van der Waals surface area contributed by atoms with E-state index in [9.17, 15) is 18.0 Å². The molecule has 6 nitrogen and oxygen atoms in total. The smallest absolute Gasteiger partial charge is 0.471 e. The highest BCUT2D eigenvalue weighted by Crippen LogP contribution is 2.40. The maximum absolute atomic E-state index is 12.4. The molecule has 0 heterocycles. The van der Waals surface area contributed by atoms with Crippen molar-refractivity contribution in [3.8, 4) is 11.5 Å². The van der Waals surface area contributed by atoms with Crippen LogP contribution in [-0.2, 0) is 4.79 Å². The number of benzene rings is 1. The third kappa shape index (κ3) is 2.78. The van der Waals surface area contributed by atoms with E-state index in [0.29, 0.717) is 22.6 Å². The predicted octanol–water partition coefficient (Wildman–Crippen LogP) is 2.01. The maximum Gasteiger partial charge on any atom is 0.471 e. The molecule has 1 aliphatic carbocycles. The van der Waals surface area contributed by atoms with Gasteiger partial charge in [-0.25, -0.2) is 0 Å². The minimum absolute atomic E-state index is 0.0655. The van der Waals surface area contributed by atoms with Gasteiger partial charge in [0.1, 0.15) is 0 Å². The Bertz CT molecular complexity index is 628. The molecule has 1 aliphatic rings. The average Bonchev–Trinajstić information content (AvgIpc) is 2.81. The Morgan fingerprint density at radius 2 is 1.91 bits per heavy atom. The molecule has 1 atom stereocenters. The fourth-order valence-electron chi connectivity index (χ4n) is 2.31. The number of hydrogen-bond donors (Lipinski definition) is 2. The molecule has 0 spiro atoms. The zero-order valence-corrected chi connectivity index (χ0v) is 11.7. The predicted molar refractivity (Wildman–Crippen MR) is 69.4 cm³/mol. The number of halogens is 3. The van der Waals surface area contributed by atoms with Crippen LogP contribution in [0.3, 0.4) is 0 Å². The summed E-state index contributed by atoms with van der Waals surface area (Å²) in [5.41, 5.74) is 0.916. The highest BCUT2D eigenvalue weighted by molar-refractivity contribution is 6.06. The Morgan fingerprint density at radius 3 is 2.41 bits per heavy atom. The van der Waals surface area contributed by atoms with Crippen molar-refractivity contribution in [1.29, 1.82) is 0 Å². The molecule has 1 aromatic carbocycles. The van der Waals surface area contributed by atoms with Crippen LogP contribution < -0.4 is 14.8 Å². The van der Waals surface area contributed by atoms with Crippen molar-refractivity contribution < 1.29 is 32.6 Å². The molecule has 0 fully saturated rings. The fraction of sp³-hybridized carbons (Fsp3) is 0.385. The number of ether oxygens (including phenoxy) is 2. The van der Waals surface area contributed by atoms with Crippen molar-refractivity contribution in [1.82, 2.24) is 5.32 Å². The van der Waals surface area contributed by atoms with E-state index in [1.54, 1.807) is 0 Å². The van der Waals surface area contributed by atoms with Crippen LogP contribution in [0.1, 0.15) is 23.6 Å². The summed E-state index contributed by atoms with van der Waals surface area (Å²) in [6.07, 6.45) is -5.06. The summed E-state index contributed by atoms with van der Waals surface area (Å²) in [6, 6.07) is 1.98. The van der Waals surface area contributed by atoms with Crippen LogP contribution in [-0.4, -0.2) is 37.2 Å². The van der Waals surface area contributed by atoms with Crippen molar-refractivity contribution in [3.63, 3.8) is 0 Å². The number of carbonyl (C=O) groups is 1. The van der Waals surface area contributed by atoms with Crippen LogP contribution in [0.4, 0.5) is 13.2 Å². The van der Waals surface area contributed by atoms with Gasteiger partial charge in [-0.1, -0.05) is 5.16 Å². The minimum Gasteiger partial charge on any atom is -0.493 e. The van der Waals surface area contributed by atoms with Gasteiger partial charge < -0.3 is 20.0 Å².